The van der Waals surface area contributed by atoms with Gasteiger partial charge in [0.05, 0.1) is 13.0 Å². The van der Waals surface area contributed by atoms with Crippen LogP contribution in [0.25, 0.3) is 0 Å². The van der Waals surface area contributed by atoms with Gasteiger partial charge in [-0.2, -0.15) is 0 Å². The number of amides is 1. The second-order valence-corrected chi connectivity index (χ2v) is 5.19. The van der Waals surface area contributed by atoms with E-state index in [4.69, 9.17) is 10.5 Å². The van der Waals surface area contributed by atoms with Crippen LogP contribution >= 0.6 is 0 Å². The van der Waals surface area contributed by atoms with Crippen molar-refractivity contribution in [3.05, 3.63) is 29.8 Å². The lowest BCUT2D eigenvalue weighted by molar-refractivity contribution is -0.132. The maximum absolute atomic E-state index is 12.1. The maximum atomic E-state index is 12.1. The smallest absolute Gasteiger partial charge is 0.225 e. The van der Waals surface area contributed by atoms with E-state index in [1.54, 1.807) is 0 Å². The first-order valence-electron chi connectivity index (χ1n) is 7.24. The molecule has 0 aromatic heterocycles. The van der Waals surface area contributed by atoms with Gasteiger partial charge in [-0.25, -0.2) is 0 Å². The number of rotatable bonds is 8. The SMILES string of the molecule is CCN(CC(C)CN)C(=O)CCOc1cccc(C)c1. The Morgan fingerprint density at radius 3 is 2.80 bits per heavy atom. The van der Waals surface area contributed by atoms with E-state index < -0.39 is 0 Å². The minimum Gasteiger partial charge on any atom is -0.493 e. The van der Waals surface area contributed by atoms with Gasteiger partial charge in [0.2, 0.25) is 5.91 Å². The first-order chi connectivity index (χ1) is 9.56. The number of carbonyl (C=O) groups excluding carboxylic acids is 1. The van der Waals surface area contributed by atoms with E-state index >= 15 is 0 Å². The monoisotopic (exact) mass is 278 g/mol. The third-order valence-corrected chi connectivity index (χ3v) is 3.24. The summed E-state index contributed by atoms with van der Waals surface area (Å²) in [5.41, 5.74) is 6.76. The Morgan fingerprint density at radius 1 is 1.45 bits per heavy atom. The fourth-order valence-corrected chi connectivity index (χ4v) is 1.98. The number of carbonyl (C=O) groups is 1. The minimum atomic E-state index is 0.125. The van der Waals surface area contributed by atoms with Crippen molar-refractivity contribution in [1.29, 1.82) is 0 Å². The molecule has 1 unspecified atom stereocenters. The van der Waals surface area contributed by atoms with Gasteiger partial charge in [-0.1, -0.05) is 19.1 Å². The van der Waals surface area contributed by atoms with Gasteiger partial charge in [-0.15, -0.1) is 0 Å². The van der Waals surface area contributed by atoms with Crippen molar-refractivity contribution >= 4 is 5.91 Å². The lowest BCUT2D eigenvalue weighted by Gasteiger charge is -2.24. The number of benzene rings is 1. The molecule has 4 heteroatoms. The van der Waals surface area contributed by atoms with E-state index in [2.05, 4.69) is 6.92 Å². The molecule has 0 fully saturated rings. The number of nitrogens with zero attached hydrogens (tertiary/aromatic N) is 1. The summed E-state index contributed by atoms with van der Waals surface area (Å²) in [5.74, 6) is 1.27. The van der Waals surface area contributed by atoms with Gasteiger partial charge in [-0.3, -0.25) is 4.79 Å². The molecule has 0 aliphatic rings. The van der Waals surface area contributed by atoms with Gasteiger partial charge in [0.25, 0.3) is 0 Å². The molecule has 0 saturated heterocycles. The Balaban J connectivity index is 2.38. The van der Waals surface area contributed by atoms with Crippen molar-refractivity contribution in [2.75, 3.05) is 26.2 Å². The highest BCUT2D eigenvalue weighted by Gasteiger charge is 2.14. The Kier molecular flexibility index (Phi) is 7.09. The first-order valence-corrected chi connectivity index (χ1v) is 7.24. The fourth-order valence-electron chi connectivity index (χ4n) is 1.98. The zero-order chi connectivity index (χ0) is 15.0. The zero-order valence-electron chi connectivity index (χ0n) is 12.8. The molecule has 0 saturated carbocycles. The molecule has 4 nitrogen and oxygen atoms in total. The molecule has 0 radical (unpaired) electrons. The van der Waals surface area contributed by atoms with E-state index in [-0.39, 0.29) is 5.91 Å². The largest absolute Gasteiger partial charge is 0.493 e. The van der Waals surface area contributed by atoms with Crippen LogP contribution in [0, 0.1) is 12.8 Å². The first kappa shape index (κ1) is 16.5. The standard InChI is InChI=1S/C16H26N2O2/c1-4-18(12-14(3)11-17)16(19)8-9-20-15-7-5-6-13(2)10-15/h5-7,10,14H,4,8-9,11-12,17H2,1-3H3. The third-order valence-electron chi connectivity index (χ3n) is 3.24. The van der Waals surface area contributed by atoms with E-state index in [1.165, 1.54) is 0 Å². The molecule has 1 aromatic rings. The van der Waals surface area contributed by atoms with E-state index in [9.17, 15) is 4.79 Å². The summed E-state index contributed by atoms with van der Waals surface area (Å²) in [6.45, 7) is 8.51. The summed E-state index contributed by atoms with van der Waals surface area (Å²) in [7, 11) is 0. The predicted molar refractivity (Wildman–Crippen MR) is 81.8 cm³/mol. The topological polar surface area (TPSA) is 55.6 Å². The van der Waals surface area contributed by atoms with E-state index in [0.717, 1.165) is 17.9 Å². The second kappa shape index (κ2) is 8.59. The Hall–Kier alpha value is -1.55. The molecule has 0 bridgehead atoms. The van der Waals surface area contributed by atoms with Gasteiger partial charge in [-0.05, 0) is 44.0 Å². The van der Waals surface area contributed by atoms with Crippen molar-refractivity contribution in [2.45, 2.75) is 27.2 Å². The molecular weight excluding hydrogens is 252 g/mol. The van der Waals surface area contributed by atoms with Crippen molar-refractivity contribution in [3.63, 3.8) is 0 Å². The Morgan fingerprint density at radius 2 is 2.20 bits per heavy atom. The highest BCUT2D eigenvalue weighted by Crippen LogP contribution is 2.12. The zero-order valence-corrected chi connectivity index (χ0v) is 12.8. The van der Waals surface area contributed by atoms with Gasteiger partial charge < -0.3 is 15.4 Å². The number of hydrogen-bond acceptors (Lipinski definition) is 3. The van der Waals surface area contributed by atoms with Crippen molar-refractivity contribution in [3.8, 4) is 5.75 Å². The highest BCUT2D eigenvalue weighted by atomic mass is 16.5. The van der Waals surface area contributed by atoms with Crippen LogP contribution in [-0.4, -0.2) is 37.0 Å². The summed E-state index contributed by atoms with van der Waals surface area (Å²) in [4.78, 5) is 13.9. The van der Waals surface area contributed by atoms with Crippen LogP contribution in [-0.2, 0) is 4.79 Å². The lowest BCUT2D eigenvalue weighted by Crippen LogP contribution is -2.37. The van der Waals surface area contributed by atoms with Gasteiger partial charge in [0, 0.05) is 13.1 Å². The quantitative estimate of drug-likeness (QED) is 0.793. The summed E-state index contributed by atoms with van der Waals surface area (Å²) in [5, 5.41) is 0. The normalized spacial score (nSPS) is 12.0. The van der Waals surface area contributed by atoms with Gasteiger partial charge in [0.1, 0.15) is 5.75 Å². The van der Waals surface area contributed by atoms with Crippen molar-refractivity contribution in [1.82, 2.24) is 4.90 Å². The molecule has 1 amide bonds. The average Bonchev–Trinajstić information content (AvgIpc) is 2.44. The number of aryl methyl sites for hydroxylation is 1. The van der Waals surface area contributed by atoms with Crippen LogP contribution in [0.5, 0.6) is 5.75 Å². The lowest BCUT2D eigenvalue weighted by atomic mass is 10.1. The van der Waals surface area contributed by atoms with Crippen LogP contribution in [0.15, 0.2) is 24.3 Å². The van der Waals surface area contributed by atoms with Crippen LogP contribution < -0.4 is 10.5 Å². The molecule has 0 aliphatic heterocycles. The van der Waals surface area contributed by atoms with Gasteiger partial charge >= 0.3 is 0 Å². The molecule has 1 atom stereocenters. The maximum Gasteiger partial charge on any atom is 0.225 e. The van der Waals surface area contributed by atoms with Crippen LogP contribution in [0.3, 0.4) is 0 Å². The molecule has 20 heavy (non-hydrogen) atoms. The van der Waals surface area contributed by atoms with Crippen LogP contribution in [0.4, 0.5) is 0 Å². The minimum absolute atomic E-state index is 0.125. The summed E-state index contributed by atoms with van der Waals surface area (Å²) < 4.78 is 5.61. The molecule has 1 rings (SSSR count). The Bertz CT molecular complexity index is 421. The summed E-state index contributed by atoms with van der Waals surface area (Å²) in [6, 6.07) is 7.85. The highest BCUT2D eigenvalue weighted by molar-refractivity contribution is 5.76. The van der Waals surface area contributed by atoms with Crippen LogP contribution in [0.2, 0.25) is 0 Å². The molecular formula is C16H26N2O2. The Labute approximate surface area is 121 Å². The summed E-state index contributed by atoms with van der Waals surface area (Å²) >= 11 is 0. The fraction of sp³-hybridized carbons (Fsp3) is 0.562. The third kappa shape index (κ3) is 5.61. The molecule has 0 heterocycles. The number of hydrogen-bond donors (Lipinski definition) is 1. The van der Waals surface area contributed by atoms with E-state index in [0.29, 0.717) is 32.0 Å². The average molecular weight is 278 g/mol. The summed E-state index contributed by atoms with van der Waals surface area (Å²) in [6.07, 6.45) is 0.402. The molecule has 1 aromatic carbocycles. The number of nitrogens with two attached hydrogens (primary N) is 1. The molecule has 0 spiro atoms. The van der Waals surface area contributed by atoms with E-state index in [1.807, 2.05) is 43.0 Å². The van der Waals surface area contributed by atoms with Crippen molar-refractivity contribution in [2.24, 2.45) is 11.7 Å². The van der Waals surface area contributed by atoms with Crippen molar-refractivity contribution < 1.29 is 9.53 Å². The number of ether oxygens (including phenoxy) is 1. The predicted octanol–water partition coefficient (Wildman–Crippen LogP) is 2.21. The van der Waals surface area contributed by atoms with Crippen LogP contribution in [0.1, 0.15) is 25.8 Å². The molecule has 112 valence electrons. The molecule has 2 N–H and O–H groups in total. The molecule has 0 aliphatic carbocycles. The van der Waals surface area contributed by atoms with Gasteiger partial charge in [0.15, 0.2) is 0 Å². The second-order valence-electron chi connectivity index (χ2n) is 5.19.